The lowest BCUT2D eigenvalue weighted by Crippen LogP contribution is -2.41. The fourth-order valence-corrected chi connectivity index (χ4v) is 2.75. The second-order valence-electron chi connectivity index (χ2n) is 5.13. The zero-order valence-corrected chi connectivity index (χ0v) is 10.9. The quantitative estimate of drug-likeness (QED) is 0.915. The Balaban J connectivity index is 1.82. The third kappa shape index (κ3) is 2.66. The molecule has 1 saturated heterocycles. The molecule has 19 heavy (non-hydrogen) atoms. The maximum absolute atomic E-state index is 12.3. The van der Waals surface area contributed by atoms with E-state index in [2.05, 4.69) is 10.3 Å². The number of nitrogens with one attached hydrogen (secondary N) is 1. The standard InChI is InChI=1S/C16H18N2O/c19-16(15-7-3-4-9-17-15)11-12-8-10-18-14-6-2-1-5-13(12)14/h1-2,5-6,8,10,15,17H,3-4,7,9,11H2. The minimum Gasteiger partial charge on any atom is -0.307 e. The van der Waals surface area contributed by atoms with Crippen molar-refractivity contribution >= 4 is 16.7 Å². The predicted octanol–water partition coefficient (Wildman–Crippen LogP) is 2.49. The van der Waals surface area contributed by atoms with E-state index in [-0.39, 0.29) is 6.04 Å². The molecule has 1 N–H and O–H groups in total. The molecule has 1 fully saturated rings. The van der Waals surface area contributed by atoms with Gasteiger partial charge in [0.1, 0.15) is 0 Å². The summed E-state index contributed by atoms with van der Waals surface area (Å²) in [6.07, 6.45) is 5.60. The predicted molar refractivity (Wildman–Crippen MR) is 76.1 cm³/mol. The van der Waals surface area contributed by atoms with Crippen molar-refractivity contribution in [1.82, 2.24) is 10.3 Å². The average molecular weight is 254 g/mol. The first kappa shape index (κ1) is 12.3. The van der Waals surface area contributed by atoms with E-state index in [1.54, 1.807) is 6.20 Å². The number of piperidine rings is 1. The molecule has 0 amide bonds. The van der Waals surface area contributed by atoms with Crippen molar-refractivity contribution in [3.05, 3.63) is 42.1 Å². The SMILES string of the molecule is O=C(Cc1ccnc2ccccc12)C1CCCCN1. The van der Waals surface area contributed by atoms with Crippen LogP contribution >= 0.6 is 0 Å². The molecule has 0 bridgehead atoms. The molecular formula is C16H18N2O. The van der Waals surface area contributed by atoms with Crippen LogP contribution in [0.15, 0.2) is 36.5 Å². The number of pyridine rings is 1. The fraction of sp³-hybridized carbons (Fsp3) is 0.375. The number of carbonyl (C=O) groups is 1. The summed E-state index contributed by atoms with van der Waals surface area (Å²) < 4.78 is 0. The first-order valence-electron chi connectivity index (χ1n) is 6.93. The molecule has 1 aromatic carbocycles. The van der Waals surface area contributed by atoms with Crippen LogP contribution in [0.1, 0.15) is 24.8 Å². The topological polar surface area (TPSA) is 42.0 Å². The van der Waals surface area contributed by atoms with Gasteiger partial charge in [0, 0.05) is 18.0 Å². The van der Waals surface area contributed by atoms with Gasteiger partial charge in [-0.2, -0.15) is 0 Å². The molecule has 2 heterocycles. The monoisotopic (exact) mass is 254 g/mol. The Bertz CT molecular complexity index is 583. The normalized spacial score (nSPS) is 19.5. The van der Waals surface area contributed by atoms with Gasteiger partial charge in [-0.05, 0) is 37.1 Å². The number of hydrogen-bond acceptors (Lipinski definition) is 3. The molecule has 98 valence electrons. The summed E-state index contributed by atoms with van der Waals surface area (Å²) in [5.74, 6) is 0.302. The van der Waals surface area contributed by atoms with Gasteiger partial charge in [-0.15, -0.1) is 0 Å². The summed E-state index contributed by atoms with van der Waals surface area (Å²) >= 11 is 0. The summed E-state index contributed by atoms with van der Waals surface area (Å²) in [6, 6.07) is 10.0. The van der Waals surface area contributed by atoms with E-state index in [1.807, 2.05) is 30.3 Å². The minimum absolute atomic E-state index is 0.0423. The lowest BCUT2D eigenvalue weighted by atomic mass is 9.95. The van der Waals surface area contributed by atoms with E-state index in [0.717, 1.165) is 35.9 Å². The molecule has 1 aliphatic heterocycles. The highest BCUT2D eigenvalue weighted by Crippen LogP contribution is 2.18. The van der Waals surface area contributed by atoms with Crippen molar-refractivity contribution in [1.29, 1.82) is 0 Å². The van der Waals surface area contributed by atoms with Crippen LogP contribution in [0.25, 0.3) is 10.9 Å². The molecule has 0 aliphatic carbocycles. The number of fused-ring (bicyclic) bond motifs is 1. The zero-order chi connectivity index (χ0) is 13.1. The molecule has 0 radical (unpaired) electrons. The van der Waals surface area contributed by atoms with Crippen molar-refractivity contribution in [2.24, 2.45) is 0 Å². The largest absolute Gasteiger partial charge is 0.307 e. The Morgan fingerprint density at radius 1 is 1.26 bits per heavy atom. The molecule has 3 heteroatoms. The lowest BCUT2D eigenvalue weighted by Gasteiger charge is -2.22. The van der Waals surface area contributed by atoms with Crippen LogP contribution in [0.2, 0.25) is 0 Å². The van der Waals surface area contributed by atoms with Crippen molar-refractivity contribution in [3.63, 3.8) is 0 Å². The molecule has 1 atom stereocenters. The smallest absolute Gasteiger partial charge is 0.154 e. The maximum atomic E-state index is 12.3. The highest BCUT2D eigenvalue weighted by Gasteiger charge is 2.20. The number of hydrogen-bond donors (Lipinski definition) is 1. The Labute approximate surface area is 113 Å². The first-order chi connectivity index (χ1) is 9.34. The summed E-state index contributed by atoms with van der Waals surface area (Å²) in [5.41, 5.74) is 2.05. The van der Waals surface area contributed by atoms with Gasteiger partial charge in [0.05, 0.1) is 11.6 Å². The summed E-state index contributed by atoms with van der Waals surface area (Å²) in [4.78, 5) is 16.7. The molecule has 2 aromatic rings. The van der Waals surface area contributed by atoms with E-state index >= 15 is 0 Å². The molecule has 1 aromatic heterocycles. The van der Waals surface area contributed by atoms with Crippen LogP contribution in [0.5, 0.6) is 0 Å². The zero-order valence-electron chi connectivity index (χ0n) is 10.9. The number of para-hydroxylation sites is 1. The minimum atomic E-state index is 0.0423. The fourth-order valence-electron chi connectivity index (χ4n) is 2.75. The van der Waals surface area contributed by atoms with Crippen LogP contribution in [-0.2, 0) is 11.2 Å². The van der Waals surface area contributed by atoms with E-state index in [0.29, 0.717) is 12.2 Å². The Kier molecular flexibility index (Phi) is 3.56. The van der Waals surface area contributed by atoms with E-state index in [1.165, 1.54) is 6.42 Å². The number of carbonyl (C=O) groups excluding carboxylic acids is 1. The summed E-state index contributed by atoms with van der Waals surface area (Å²) in [6.45, 7) is 0.966. The third-order valence-electron chi connectivity index (χ3n) is 3.80. The van der Waals surface area contributed by atoms with Gasteiger partial charge in [-0.3, -0.25) is 9.78 Å². The molecule has 1 aliphatic rings. The lowest BCUT2D eigenvalue weighted by molar-refractivity contribution is -0.120. The number of benzene rings is 1. The first-order valence-corrected chi connectivity index (χ1v) is 6.93. The Hall–Kier alpha value is -1.74. The van der Waals surface area contributed by atoms with Crippen molar-refractivity contribution in [2.75, 3.05) is 6.54 Å². The third-order valence-corrected chi connectivity index (χ3v) is 3.80. The molecule has 1 unspecified atom stereocenters. The number of Topliss-reactive ketones (excluding diaryl/α,β-unsaturated/α-hetero) is 1. The molecular weight excluding hydrogens is 236 g/mol. The van der Waals surface area contributed by atoms with Gasteiger partial charge in [0.15, 0.2) is 5.78 Å². The Morgan fingerprint density at radius 3 is 3.00 bits per heavy atom. The highest BCUT2D eigenvalue weighted by molar-refractivity contribution is 5.91. The second kappa shape index (κ2) is 5.49. The van der Waals surface area contributed by atoms with Crippen molar-refractivity contribution in [2.45, 2.75) is 31.7 Å². The van der Waals surface area contributed by atoms with E-state index in [9.17, 15) is 4.79 Å². The highest BCUT2D eigenvalue weighted by atomic mass is 16.1. The number of rotatable bonds is 3. The van der Waals surface area contributed by atoms with Crippen LogP contribution in [0, 0.1) is 0 Å². The van der Waals surface area contributed by atoms with Crippen molar-refractivity contribution < 1.29 is 4.79 Å². The number of nitrogens with zero attached hydrogens (tertiary/aromatic N) is 1. The van der Waals surface area contributed by atoms with Gasteiger partial charge in [-0.25, -0.2) is 0 Å². The van der Waals surface area contributed by atoms with Crippen molar-refractivity contribution in [3.8, 4) is 0 Å². The molecule has 3 nitrogen and oxygen atoms in total. The van der Waals surface area contributed by atoms with Crippen LogP contribution in [0.4, 0.5) is 0 Å². The van der Waals surface area contributed by atoms with Gasteiger partial charge < -0.3 is 5.32 Å². The number of aromatic nitrogens is 1. The van der Waals surface area contributed by atoms with Gasteiger partial charge in [0.25, 0.3) is 0 Å². The summed E-state index contributed by atoms with van der Waals surface area (Å²) in [5, 5.41) is 4.41. The van der Waals surface area contributed by atoms with Crippen LogP contribution < -0.4 is 5.32 Å². The number of ketones is 1. The van der Waals surface area contributed by atoms with Crippen LogP contribution in [-0.4, -0.2) is 23.4 Å². The Morgan fingerprint density at radius 2 is 2.16 bits per heavy atom. The van der Waals surface area contributed by atoms with Gasteiger partial charge in [0.2, 0.25) is 0 Å². The van der Waals surface area contributed by atoms with E-state index in [4.69, 9.17) is 0 Å². The summed E-state index contributed by atoms with van der Waals surface area (Å²) in [7, 11) is 0. The average Bonchev–Trinajstić information content (AvgIpc) is 2.48. The van der Waals surface area contributed by atoms with Crippen LogP contribution in [0.3, 0.4) is 0 Å². The second-order valence-corrected chi connectivity index (χ2v) is 5.13. The van der Waals surface area contributed by atoms with E-state index < -0.39 is 0 Å². The molecule has 0 saturated carbocycles. The molecule has 3 rings (SSSR count). The van der Waals surface area contributed by atoms with Gasteiger partial charge >= 0.3 is 0 Å². The molecule has 0 spiro atoms. The van der Waals surface area contributed by atoms with Gasteiger partial charge in [-0.1, -0.05) is 24.6 Å². The maximum Gasteiger partial charge on any atom is 0.154 e.